The van der Waals surface area contributed by atoms with Crippen LogP contribution in [0.5, 0.6) is 5.75 Å². The highest BCUT2D eigenvalue weighted by Gasteiger charge is 2.07. The molecule has 0 spiro atoms. The molecule has 2 aromatic carbocycles. The van der Waals surface area contributed by atoms with Gasteiger partial charge in [0.25, 0.3) is 5.91 Å². The van der Waals surface area contributed by atoms with Crippen LogP contribution >= 0.6 is 11.6 Å². The molecule has 0 saturated carbocycles. The van der Waals surface area contributed by atoms with Gasteiger partial charge in [0.1, 0.15) is 18.2 Å². The average molecular weight is 367 g/mol. The van der Waals surface area contributed by atoms with E-state index in [-0.39, 0.29) is 29.9 Å². The summed E-state index contributed by atoms with van der Waals surface area (Å²) < 4.78 is 23.0. The molecule has 0 unspecified atom stereocenters. The van der Waals surface area contributed by atoms with Crippen molar-refractivity contribution in [3.63, 3.8) is 0 Å². The highest BCUT2D eigenvalue weighted by molar-refractivity contribution is 6.30. The Hall–Kier alpha value is -2.64. The number of hydrogen-bond acceptors (Lipinski definition) is 4. The van der Waals surface area contributed by atoms with Gasteiger partial charge in [-0.3, -0.25) is 9.59 Å². The Morgan fingerprint density at radius 2 is 1.68 bits per heavy atom. The molecule has 2 amide bonds. The third kappa shape index (κ3) is 6.06. The molecular formula is C17H16ClFN2O4. The normalized spacial score (nSPS) is 10.2. The van der Waals surface area contributed by atoms with Crippen molar-refractivity contribution in [3.8, 4) is 5.75 Å². The summed E-state index contributed by atoms with van der Waals surface area (Å²) in [6.45, 7) is -0.340. The number of carbonyl (C=O) groups is 2. The van der Waals surface area contributed by atoms with E-state index in [0.29, 0.717) is 11.4 Å². The lowest BCUT2D eigenvalue weighted by atomic mass is 10.2. The molecule has 25 heavy (non-hydrogen) atoms. The van der Waals surface area contributed by atoms with Gasteiger partial charge in [-0.15, -0.1) is 0 Å². The third-order valence-corrected chi connectivity index (χ3v) is 3.26. The van der Waals surface area contributed by atoms with E-state index < -0.39 is 11.7 Å². The lowest BCUT2D eigenvalue weighted by molar-refractivity contribution is -0.119. The number of rotatable bonds is 7. The first-order valence-electron chi connectivity index (χ1n) is 7.24. The molecule has 2 aromatic rings. The Morgan fingerprint density at radius 1 is 1.04 bits per heavy atom. The molecule has 0 radical (unpaired) electrons. The second-order valence-corrected chi connectivity index (χ2v) is 5.38. The van der Waals surface area contributed by atoms with Crippen LogP contribution in [0, 0.1) is 5.82 Å². The zero-order chi connectivity index (χ0) is 18.2. The number of carbonyl (C=O) groups excluding carboxylic acids is 2. The van der Waals surface area contributed by atoms with Crippen LogP contribution in [0.4, 0.5) is 15.8 Å². The summed E-state index contributed by atoms with van der Waals surface area (Å²) in [5.74, 6) is -1.00. The molecule has 0 aliphatic carbocycles. The van der Waals surface area contributed by atoms with E-state index in [1.807, 2.05) is 0 Å². The molecule has 0 aromatic heterocycles. The van der Waals surface area contributed by atoms with Crippen molar-refractivity contribution in [2.75, 3.05) is 31.0 Å². The van der Waals surface area contributed by atoms with Crippen LogP contribution in [0.1, 0.15) is 0 Å². The van der Waals surface area contributed by atoms with Crippen LogP contribution in [0.2, 0.25) is 5.02 Å². The number of ether oxygens (including phenoxy) is 2. The van der Waals surface area contributed by atoms with Gasteiger partial charge in [0.15, 0.2) is 6.61 Å². The van der Waals surface area contributed by atoms with Crippen LogP contribution in [-0.4, -0.2) is 32.1 Å². The fourth-order valence-electron chi connectivity index (χ4n) is 1.92. The van der Waals surface area contributed by atoms with Crippen LogP contribution in [0.25, 0.3) is 0 Å². The molecule has 6 nitrogen and oxygen atoms in total. The molecule has 0 bridgehead atoms. The summed E-state index contributed by atoms with van der Waals surface area (Å²) in [4.78, 5) is 23.4. The minimum absolute atomic E-state index is 0.0648. The lowest BCUT2D eigenvalue weighted by Crippen LogP contribution is -2.20. The van der Waals surface area contributed by atoms with Crippen LogP contribution < -0.4 is 15.4 Å². The topological polar surface area (TPSA) is 76.7 Å². The first kappa shape index (κ1) is 18.7. The van der Waals surface area contributed by atoms with E-state index in [4.69, 9.17) is 21.1 Å². The monoisotopic (exact) mass is 366 g/mol. The van der Waals surface area contributed by atoms with Crippen molar-refractivity contribution in [1.82, 2.24) is 0 Å². The van der Waals surface area contributed by atoms with Crippen molar-refractivity contribution in [1.29, 1.82) is 0 Å². The van der Waals surface area contributed by atoms with E-state index in [0.717, 1.165) is 6.07 Å². The number of halogens is 2. The maximum absolute atomic E-state index is 13.1. The fourth-order valence-corrected chi connectivity index (χ4v) is 2.09. The van der Waals surface area contributed by atoms with Crippen LogP contribution in [-0.2, 0) is 14.3 Å². The molecule has 0 saturated heterocycles. The van der Waals surface area contributed by atoms with Gasteiger partial charge in [0.05, 0.1) is 5.02 Å². The predicted molar refractivity (Wildman–Crippen MR) is 92.5 cm³/mol. The Labute approximate surface area is 148 Å². The Bertz CT molecular complexity index is 770. The zero-order valence-corrected chi connectivity index (χ0v) is 14.1. The molecule has 0 fully saturated rings. The van der Waals surface area contributed by atoms with E-state index in [1.54, 1.807) is 24.3 Å². The SMILES string of the molecule is COCC(=O)Nc1cccc(NC(=O)COc2ccc(F)c(Cl)c2)c1. The fraction of sp³-hybridized carbons (Fsp3) is 0.176. The van der Waals surface area contributed by atoms with Gasteiger partial charge in [0.2, 0.25) is 5.91 Å². The summed E-state index contributed by atoms with van der Waals surface area (Å²) >= 11 is 5.64. The number of methoxy groups -OCH3 is 1. The van der Waals surface area contributed by atoms with Crippen molar-refractivity contribution in [2.45, 2.75) is 0 Å². The summed E-state index contributed by atoms with van der Waals surface area (Å²) in [6.07, 6.45) is 0. The van der Waals surface area contributed by atoms with Crippen molar-refractivity contribution in [2.24, 2.45) is 0 Å². The van der Waals surface area contributed by atoms with Gasteiger partial charge >= 0.3 is 0 Å². The van der Waals surface area contributed by atoms with Gasteiger partial charge in [0, 0.05) is 24.6 Å². The second kappa shape index (κ2) is 9.00. The molecule has 2 rings (SSSR count). The van der Waals surface area contributed by atoms with E-state index >= 15 is 0 Å². The van der Waals surface area contributed by atoms with Crippen LogP contribution in [0.3, 0.4) is 0 Å². The van der Waals surface area contributed by atoms with Crippen molar-refractivity contribution < 1.29 is 23.5 Å². The zero-order valence-electron chi connectivity index (χ0n) is 13.3. The van der Waals surface area contributed by atoms with Gasteiger partial charge in [-0.25, -0.2) is 4.39 Å². The molecule has 2 N–H and O–H groups in total. The number of hydrogen-bond donors (Lipinski definition) is 2. The Kier molecular flexibility index (Phi) is 6.73. The molecule has 0 aliphatic rings. The summed E-state index contributed by atoms with van der Waals surface area (Å²) in [7, 11) is 1.42. The van der Waals surface area contributed by atoms with E-state index in [1.165, 1.54) is 19.2 Å². The number of nitrogens with one attached hydrogen (secondary N) is 2. The largest absolute Gasteiger partial charge is 0.484 e. The first-order chi connectivity index (χ1) is 12.0. The van der Waals surface area contributed by atoms with Gasteiger partial charge < -0.3 is 20.1 Å². The summed E-state index contributed by atoms with van der Waals surface area (Å²) in [6, 6.07) is 10.4. The standard InChI is InChI=1S/C17H16ClFN2O4/c1-24-9-16(22)20-11-3-2-4-12(7-11)21-17(23)10-25-13-5-6-15(19)14(18)8-13/h2-8H,9-10H2,1H3,(H,20,22)(H,21,23). The second-order valence-electron chi connectivity index (χ2n) is 4.97. The van der Waals surface area contributed by atoms with Crippen LogP contribution in [0.15, 0.2) is 42.5 Å². The average Bonchev–Trinajstić information content (AvgIpc) is 2.56. The maximum atomic E-state index is 13.1. The molecule has 8 heteroatoms. The maximum Gasteiger partial charge on any atom is 0.262 e. The van der Waals surface area contributed by atoms with E-state index in [2.05, 4.69) is 10.6 Å². The van der Waals surface area contributed by atoms with Crippen molar-refractivity contribution in [3.05, 3.63) is 53.3 Å². The Morgan fingerprint density at radius 3 is 2.28 bits per heavy atom. The Balaban J connectivity index is 1.89. The minimum Gasteiger partial charge on any atom is -0.484 e. The van der Waals surface area contributed by atoms with Crippen molar-refractivity contribution >= 4 is 34.8 Å². The molecular weight excluding hydrogens is 351 g/mol. The number of amides is 2. The van der Waals surface area contributed by atoms with Gasteiger partial charge in [-0.2, -0.15) is 0 Å². The molecule has 0 atom stereocenters. The van der Waals surface area contributed by atoms with Gasteiger partial charge in [-0.05, 0) is 30.3 Å². The molecule has 0 heterocycles. The number of anilines is 2. The minimum atomic E-state index is -0.564. The molecule has 132 valence electrons. The quantitative estimate of drug-likeness (QED) is 0.789. The third-order valence-electron chi connectivity index (χ3n) is 2.97. The highest BCUT2D eigenvalue weighted by Crippen LogP contribution is 2.21. The number of benzene rings is 2. The predicted octanol–water partition coefficient (Wildman–Crippen LogP) is 3.08. The van der Waals surface area contributed by atoms with E-state index in [9.17, 15) is 14.0 Å². The van der Waals surface area contributed by atoms with Gasteiger partial charge in [-0.1, -0.05) is 17.7 Å². The smallest absolute Gasteiger partial charge is 0.262 e. The summed E-state index contributed by atoms with van der Waals surface area (Å²) in [5.41, 5.74) is 1.01. The first-order valence-corrected chi connectivity index (χ1v) is 7.62. The lowest BCUT2D eigenvalue weighted by Gasteiger charge is -2.10. The molecule has 0 aliphatic heterocycles. The summed E-state index contributed by atoms with van der Waals surface area (Å²) in [5, 5.41) is 5.17. The highest BCUT2D eigenvalue weighted by atomic mass is 35.5.